The van der Waals surface area contributed by atoms with Crippen molar-refractivity contribution in [1.29, 1.82) is 0 Å². The van der Waals surface area contributed by atoms with Gasteiger partial charge in [0.1, 0.15) is 0 Å². The molecule has 1 amide bonds. The van der Waals surface area contributed by atoms with E-state index >= 15 is 0 Å². The number of fused-ring (bicyclic) bond motifs is 3. The van der Waals surface area contributed by atoms with Gasteiger partial charge in [-0.25, -0.2) is 4.79 Å². The van der Waals surface area contributed by atoms with Crippen LogP contribution in [0.25, 0.3) is 17.0 Å². The molecule has 0 bridgehead atoms. The SMILES string of the molecule is O=C(O)NCc1cccc2c1cc1n2CC=C1. The van der Waals surface area contributed by atoms with Gasteiger partial charge in [-0.05, 0) is 23.8 Å². The van der Waals surface area contributed by atoms with Gasteiger partial charge >= 0.3 is 6.09 Å². The van der Waals surface area contributed by atoms with Gasteiger partial charge < -0.3 is 15.0 Å². The van der Waals surface area contributed by atoms with Gasteiger partial charge in [-0.1, -0.05) is 18.2 Å². The molecule has 3 rings (SSSR count). The van der Waals surface area contributed by atoms with Crippen LogP contribution in [0.2, 0.25) is 0 Å². The maximum absolute atomic E-state index is 10.5. The lowest BCUT2D eigenvalue weighted by molar-refractivity contribution is 0.194. The predicted molar refractivity (Wildman–Crippen MR) is 65.8 cm³/mol. The van der Waals surface area contributed by atoms with Crippen molar-refractivity contribution in [2.75, 3.05) is 0 Å². The fraction of sp³-hybridized carbons (Fsp3) is 0.154. The molecule has 0 unspecified atom stereocenters. The number of nitrogens with zero attached hydrogens (tertiary/aromatic N) is 1. The first-order chi connectivity index (χ1) is 8.25. The highest BCUT2D eigenvalue weighted by Crippen LogP contribution is 2.27. The summed E-state index contributed by atoms with van der Waals surface area (Å²) in [5, 5.41) is 12.2. The lowest BCUT2D eigenvalue weighted by Gasteiger charge is -2.05. The normalized spacial score (nSPS) is 12.9. The van der Waals surface area contributed by atoms with Crippen molar-refractivity contribution >= 4 is 23.1 Å². The molecule has 17 heavy (non-hydrogen) atoms. The Morgan fingerprint density at radius 1 is 1.47 bits per heavy atom. The highest BCUT2D eigenvalue weighted by atomic mass is 16.4. The summed E-state index contributed by atoms with van der Waals surface area (Å²) in [5.74, 6) is 0. The summed E-state index contributed by atoms with van der Waals surface area (Å²) < 4.78 is 2.22. The molecular formula is C13H12N2O2. The van der Waals surface area contributed by atoms with E-state index in [0.717, 1.165) is 23.0 Å². The summed E-state index contributed by atoms with van der Waals surface area (Å²) in [6, 6.07) is 8.10. The molecule has 0 radical (unpaired) electrons. The van der Waals surface area contributed by atoms with E-state index in [1.54, 1.807) is 0 Å². The van der Waals surface area contributed by atoms with E-state index in [1.165, 1.54) is 5.69 Å². The molecule has 1 aromatic carbocycles. The zero-order valence-corrected chi connectivity index (χ0v) is 9.18. The van der Waals surface area contributed by atoms with E-state index in [0.29, 0.717) is 6.54 Å². The van der Waals surface area contributed by atoms with Gasteiger partial charge in [0.05, 0.1) is 0 Å². The van der Waals surface area contributed by atoms with Crippen LogP contribution < -0.4 is 5.32 Å². The number of rotatable bonds is 2. The summed E-state index contributed by atoms with van der Waals surface area (Å²) >= 11 is 0. The molecule has 0 saturated carbocycles. The maximum atomic E-state index is 10.5. The minimum absolute atomic E-state index is 0.347. The number of amides is 1. The first-order valence-electron chi connectivity index (χ1n) is 5.50. The number of nitrogens with one attached hydrogen (secondary N) is 1. The largest absolute Gasteiger partial charge is 0.465 e. The van der Waals surface area contributed by atoms with Crippen molar-refractivity contribution in [2.45, 2.75) is 13.1 Å². The Bertz CT molecular complexity index is 626. The Hall–Kier alpha value is -2.23. The second-order valence-electron chi connectivity index (χ2n) is 4.09. The van der Waals surface area contributed by atoms with E-state index in [2.05, 4.69) is 34.2 Å². The smallest absolute Gasteiger partial charge is 0.404 e. The summed E-state index contributed by atoms with van der Waals surface area (Å²) in [7, 11) is 0. The maximum Gasteiger partial charge on any atom is 0.404 e. The molecule has 0 fully saturated rings. The fourth-order valence-corrected chi connectivity index (χ4v) is 2.31. The monoisotopic (exact) mass is 228 g/mol. The van der Waals surface area contributed by atoms with Gasteiger partial charge in [0.2, 0.25) is 0 Å². The van der Waals surface area contributed by atoms with Crippen molar-refractivity contribution in [3.05, 3.63) is 41.6 Å². The molecule has 4 nitrogen and oxygen atoms in total. The van der Waals surface area contributed by atoms with Crippen LogP contribution >= 0.6 is 0 Å². The highest BCUT2D eigenvalue weighted by Gasteiger charge is 2.12. The van der Waals surface area contributed by atoms with Crippen molar-refractivity contribution in [3.8, 4) is 0 Å². The Kier molecular flexibility index (Phi) is 2.14. The topological polar surface area (TPSA) is 54.3 Å². The Balaban J connectivity index is 2.07. The Labute approximate surface area is 98.2 Å². The Morgan fingerprint density at radius 2 is 2.35 bits per heavy atom. The van der Waals surface area contributed by atoms with Crippen LogP contribution in [0.1, 0.15) is 11.3 Å². The van der Waals surface area contributed by atoms with Crippen LogP contribution in [0, 0.1) is 0 Å². The number of benzene rings is 1. The molecule has 0 saturated heterocycles. The van der Waals surface area contributed by atoms with Gasteiger partial charge in [-0.15, -0.1) is 0 Å². The lowest BCUT2D eigenvalue weighted by atomic mass is 10.1. The van der Waals surface area contributed by atoms with Crippen LogP contribution in [0.15, 0.2) is 30.3 Å². The van der Waals surface area contributed by atoms with Gasteiger partial charge in [-0.2, -0.15) is 0 Å². The van der Waals surface area contributed by atoms with Crippen LogP contribution in [-0.2, 0) is 13.1 Å². The number of allylic oxidation sites excluding steroid dienone is 1. The van der Waals surface area contributed by atoms with E-state index < -0.39 is 6.09 Å². The molecule has 86 valence electrons. The second-order valence-corrected chi connectivity index (χ2v) is 4.09. The number of carbonyl (C=O) groups is 1. The molecule has 4 heteroatoms. The van der Waals surface area contributed by atoms with E-state index in [1.807, 2.05) is 12.1 Å². The van der Waals surface area contributed by atoms with Gasteiger partial charge in [-0.3, -0.25) is 0 Å². The summed E-state index contributed by atoms with van der Waals surface area (Å²) in [4.78, 5) is 10.5. The van der Waals surface area contributed by atoms with E-state index in [4.69, 9.17) is 5.11 Å². The molecule has 0 atom stereocenters. The van der Waals surface area contributed by atoms with Crippen LogP contribution in [0.4, 0.5) is 4.79 Å². The minimum Gasteiger partial charge on any atom is -0.465 e. The third kappa shape index (κ3) is 1.58. The molecule has 2 N–H and O–H groups in total. The lowest BCUT2D eigenvalue weighted by Crippen LogP contribution is -2.19. The van der Waals surface area contributed by atoms with Gasteiger partial charge in [0.15, 0.2) is 0 Å². The summed E-state index contributed by atoms with van der Waals surface area (Å²) in [6.45, 7) is 1.24. The third-order valence-corrected chi connectivity index (χ3v) is 3.07. The van der Waals surface area contributed by atoms with Gasteiger partial charge in [0, 0.05) is 29.7 Å². The highest BCUT2D eigenvalue weighted by molar-refractivity contribution is 5.88. The average Bonchev–Trinajstić information content (AvgIpc) is 2.86. The predicted octanol–water partition coefficient (Wildman–Crippen LogP) is 2.44. The van der Waals surface area contributed by atoms with Crippen molar-refractivity contribution in [1.82, 2.24) is 9.88 Å². The van der Waals surface area contributed by atoms with E-state index in [9.17, 15) is 4.79 Å². The van der Waals surface area contributed by atoms with Crippen LogP contribution in [-0.4, -0.2) is 15.8 Å². The number of hydrogen-bond donors (Lipinski definition) is 2. The van der Waals surface area contributed by atoms with E-state index in [-0.39, 0.29) is 0 Å². The average molecular weight is 228 g/mol. The number of aromatic nitrogens is 1. The zero-order valence-electron chi connectivity index (χ0n) is 9.18. The minimum atomic E-state index is -0.992. The van der Waals surface area contributed by atoms with Gasteiger partial charge in [0.25, 0.3) is 0 Å². The fourth-order valence-electron chi connectivity index (χ4n) is 2.31. The van der Waals surface area contributed by atoms with Crippen LogP contribution in [0.3, 0.4) is 0 Å². The van der Waals surface area contributed by atoms with Crippen molar-refractivity contribution in [2.24, 2.45) is 0 Å². The zero-order chi connectivity index (χ0) is 11.8. The molecule has 2 heterocycles. The molecular weight excluding hydrogens is 216 g/mol. The molecule has 1 aromatic heterocycles. The molecule has 1 aliphatic rings. The standard InChI is InChI=1S/C13H12N2O2/c16-13(17)14-8-9-3-1-5-12-11(9)7-10-4-2-6-15(10)12/h1-5,7,14H,6,8H2,(H,16,17). The van der Waals surface area contributed by atoms with Crippen molar-refractivity contribution in [3.63, 3.8) is 0 Å². The number of carboxylic acid groups (broad SMARTS) is 1. The Morgan fingerprint density at radius 3 is 3.18 bits per heavy atom. The first kappa shape index (κ1) is 9.96. The first-order valence-corrected chi connectivity index (χ1v) is 5.50. The molecule has 0 aliphatic carbocycles. The molecule has 1 aliphatic heterocycles. The molecule has 2 aromatic rings. The quantitative estimate of drug-likeness (QED) is 0.829. The van der Waals surface area contributed by atoms with Crippen molar-refractivity contribution < 1.29 is 9.90 Å². The summed E-state index contributed by atoms with van der Waals surface area (Å²) in [5.41, 5.74) is 3.36. The third-order valence-electron chi connectivity index (χ3n) is 3.07. The molecule has 0 spiro atoms. The summed E-state index contributed by atoms with van der Waals surface area (Å²) in [6.07, 6.45) is 3.22. The van der Waals surface area contributed by atoms with Crippen LogP contribution in [0.5, 0.6) is 0 Å². The second kappa shape index (κ2) is 3.66. The number of hydrogen-bond acceptors (Lipinski definition) is 1.